The first-order chi connectivity index (χ1) is 13.6. The minimum Gasteiger partial charge on any atom is -0.446 e. The van der Waals surface area contributed by atoms with Gasteiger partial charge in [0.05, 0.1) is 5.41 Å². The van der Waals surface area contributed by atoms with E-state index in [-0.39, 0.29) is 5.91 Å². The second kappa shape index (κ2) is 7.86. The Labute approximate surface area is 169 Å². The third-order valence-corrected chi connectivity index (χ3v) is 5.59. The number of amides is 1. The molecule has 158 valence electrons. The predicted molar refractivity (Wildman–Crippen MR) is 105 cm³/mol. The normalized spacial score (nSPS) is 15.6. The van der Waals surface area contributed by atoms with E-state index in [9.17, 15) is 18.7 Å². The van der Waals surface area contributed by atoms with Crippen LogP contribution in [0.2, 0.25) is 0 Å². The van der Waals surface area contributed by atoms with Gasteiger partial charge in [-0.3, -0.25) is 4.79 Å². The molecule has 0 radical (unpaired) electrons. The number of carbonyl (C=O) groups excluding carboxylic acids is 1. The molecule has 1 aromatic carbocycles. The van der Waals surface area contributed by atoms with Crippen molar-refractivity contribution in [3.05, 3.63) is 52.7 Å². The molecule has 3 rings (SSSR count). The van der Waals surface area contributed by atoms with Crippen molar-refractivity contribution in [1.82, 2.24) is 9.88 Å². The molecule has 29 heavy (non-hydrogen) atoms. The Morgan fingerprint density at radius 3 is 2.52 bits per heavy atom. The van der Waals surface area contributed by atoms with E-state index in [0.717, 1.165) is 0 Å². The Bertz CT molecular complexity index is 882. The SMILES string of the molecule is CCN(CCc1nc(C(C)(C)O)c(C)o1)C(=O)c1ccccc1C1(C(F)F)CC1. The van der Waals surface area contributed by atoms with Crippen molar-refractivity contribution in [2.24, 2.45) is 0 Å². The topological polar surface area (TPSA) is 66.6 Å². The number of likely N-dealkylation sites (N-methyl/N-ethyl adjacent to an activating group) is 1. The molecule has 1 heterocycles. The second-order valence-corrected chi connectivity index (χ2v) is 8.21. The van der Waals surface area contributed by atoms with Gasteiger partial charge in [-0.15, -0.1) is 0 Å². The highest BCUT2D eigenvalue weighted by atomic mass is 19.3. The number of aryl methyl sites for hydroxylation is 1. The van der Waals surface area contributed by atoms with Crippen LogP contribution in [0.3, 0.4) is 0 Å². The molecule has 0 aliphatic heterocycles. The fourth-order valence-electron chi connectivity index (χ4n) is 3.77. The predicted octanol–water partition coefficient (Wildman–Crippen LogP) is 4.21. The number of oxazole rings is 1. The number of aromatic nitrogens is 1. The molecular formula is C22H28F2N2O3. The van der Waals surface area contributed by atoms with Gasteiger partial charge in [0.1, 0.15) is 17.1 Å². The molecule has 1 aliphatic rings. The highest BCUT2D eigenvalue weighted by molar-refractivity contribution is 5.96. The van der Waals surface area contributed by atoms with Gasteiger partial charge in [-0.1, -0.05) is 18.2 Å². The molecule has 1 amide bonds. The van der Waals surface area contributed by atoms with Crippen LogP contribution in [0, 0.1) is 6.92 Å². The van der Waals surface area contributed by atoms with E-state index in [1.165, 1.54) is 0 Å². The number of benzene rings is 1. The summed E-state index contributed by atoms with van der Waals surface area (Å²) in [5.41, 5.74) is -1.05. The summed E-state index contributed by atoms with van der Waals surface area (Å²) in [4.78, 5) is 19.1. The molecule has 0 unspecified atom stereocenters. The fourth-order valence-corrected chi connectivity index (χ4v) is 3.77. The number of carbonyl (C=O) groups is 1. The number of rotatable bonds is 8. The molecule has 0 saturated heterocycles. The van der Waals surface area contributed by atoms with Gasteiger partial charge in [0.15, 0.2) is 5.89 Å². The lowest BCUT2D eigenvalue weighted by Gasteiger charge is -2.24. The summed E-state index contributed by atoms with van der Waals surface area (Å²) in [6.07, 6.45) is -1.31. The van der Waals surface area contributed by atoms with Crippen molar-refractivity contribution in [3.63, 3.8) is 0 Å². The van der Waals surface area contributed by atoms with E-state index in [2.05, 4.69) is 4.98 Å². The first-order valence-electron chi connectivity index (χ1n) is 9.96. The lowest BCUT2D eigenvalue weighted by atomic mass is 9.91. The lowest BCUT2D eigenvalue weighted by Crippen LogP contribution is -2.34. The van der Waals surface area contributed by atoms with E-state index in [4.69, 9.17) is 4.42 Å². The fraction of sp³-hybridized carbons (Fsp3) is 0.545. The first-order valence-corrected chi connectivity index (χ1v) is 9.96. The molecule has 0 spiro atoms. The van der Waals surface area contributed by atoms with E-state index in [1.54, 1.807) is 49.9 Å². The number of nitrogens with zero attached hydrogens (tertiary/aromatic N) is 2. The van der Waals surface area contributed by atoms with Crippen LogP contribution in [-0.4, -0.2) is 40.4 Å². The van der Waals surface area contributed by atoms with Gasteiger partial charge in [0, 0.05) is 25.1 Å². The maximum Gasteiger partial charge on any atom is 0.254 e. The molecule has 0 atom stereocenters. The molecule has 1 aromatic heterocycles. The van der Waals surface area contributed by atoms with Gasteiger partial charge in [-0.05, 0) is 52.2 Å². The maximum atomic E-state index is 13.6. The van der Waals surface area contributed by atoms with Gasteiger partial charge in [-0.25, -0.2) is 13.8 Å². The van der Waals surface area contributed by atoms with Gasteiger partial charge in [-0.2, -0.15) is 0 Å². The smallest absolute Gasteiger partial charge is 0.254 e. The summed E-state index contributed by atoms with van der Waals surface area (Å²) < 4.78 is 32.9. The van der Waals surface area contributed by atoms with Crippen LogP contribution in [0.4, 0.5) is 8.78 Å². The molecule has 7 heteroatoms. The number of hydrogen-bond donors (Lipinski definition) is 1. The quantitative estimate of drug-likeness (QED) is 0.713. The Morgan fingerprint density at radius 2 is 2.00 bits per heavy atom. The third-order valence-electron chi connectivity index (χ3n) is 5.59. The molecule has 2 aromatic rings. The summed E-state index contributed by atoms with van der Waals surface area (Å²) >= 11 is 0. The van der Waals surface area contributed by atoms with Gasteiger partial charge in [0.25, 0.3) is 5.91 Å². The summed E-state index contributed by atoms with van der Waals surface area (Å²) in [7, 11) is 0. The van der Waals surface area contributed by atoms with Crippen LogP contribution in [0.15, 0.2) is 28.7 Å². The van der Waals surface area contributed by atoms with E-state index in [1.807, 2.05) is 6.92 Å². The molecule has 0 bridgehead atoms. The highest BCUT2D eigenvalue weighted by Gasteiger charge is 2.54. The summed E-state index contributed by atoms with van der Waals surface area (Å²) in [6, 6.07) is 6.69. The lowest BCUT2D eigenvalue weighted by molar-refractivity contribution is 0.0723. The van der Waals surface area contributed by atoms with Gasteiger partial charge >= 0.3 is 0 Å². The average Bonchev–Trinajstić information content (AvgIpc) is 3.39. The summed E-state index contributed by atoms with van der Waals surface area (Å²) in [5, 5.41) is 10.2. The second-order valence-electron chi connectivity index (χ2n) is 8.21. The third kappa shape index (κ3) is 4.20. The van der Waals surface area contributed by atoms with Crippen LogP contribution in [0.1, 0.15) is 66.9 Å². The Balaban J connectivity index is 1.78. The van der Waals surface area contributed by atoms with Crippen LogP contribution in [0.5, 0.6) is 0 Å². The molecule has 5 nitrogen and oxygen atoms in total. The Morgan fingerprint density at radius 1 is 1.34 bits per heavy atom. The average molecular weight is 406 g/mol. The van der Waals surface area contributed by atoms with E-state index >= 15 is 0 Å². The first kappa shape index (κ1) is 21.4. The van der Waals surface area contributed by atoms with Crippen LogP contribution < -0.4 is 0 Å². The van der Waals surface area contributed by atoms with Crippen molar-refractivity contribution in [3.8, 4) is 0 Å². The zero-order valence-corrected chi connectivity index (χ0v) is 17.3. The minimum absolute atomic E-state index is 0.263. The van der Waals surface area contributed by atoms with E-state index < -0.39 is 17.4 Å². The Hall–Kier alpha value is -2.28. The molecule has 1 aliphatic carbocycles. The van der Waals surface area contributed by atoms with Gasteiger partial charge in [0.2, 0.25) is 6.43 Å². The van der Waals surface area contributed by atoms with Crippen LogP contribution in [0.25, 0.3) is 0 Å². The molecule has 1 N–H and O–H groups in total. The summed E-state index contributed by atoms with van der Waals surface area (Å²) in [6.45, 7) is 7.64. The number of hydrogen-bond acceptors (Lipinski definition) is 4. The van der Waals surface area contributed by atoms with Crippen molar-refractivity contribution in [1.29, 1.82) is 0 Å². The monoisotopic (exact) mass is 406 g/mol. The zero-order valence-electron chi connectivity index (χ0n) is 17.3. The number of halogens is 2. The molecular weight excluding hydrogens is 378 g/mol. The van der Waals surface area contributed by atoms with Crippen LogP contribution in [-0.2, 0) is 17.4 Å². The Kier molecular flexibility index (Phi) is 5.81. The number of aliphatic hydroxyl groups is 1. The van der Waals surface area contributed by atoms with E-state index in [0.29, 0.717) is 60.8 Å². The van der Waals surface area contributed by atoms with Crippen molar-refractivity contribution < 1.29 is 23.1 Å². The minimum atomic E-state index is -2.48. The van der Waals surface area contributed by atoms with Crippen molar-refractivity contribution in [2.75, 3.05) is 13.1 Å². The maximum absolute atomic E-state index is 13.6. The highest BCUT2D eigenvalue weighted by Crippen LogP contribution is 2.53. The molecule has 1 saturated carbocycles. The van der Waals surface area contributed by atoms with Crippen molar-refractivity contribution in [2.45, 2.75) is 64.4 Å². The zero-order chi connectivity index (χ0) is 21.4. The number of alkyl halides is 2. The standard InChI is InChI=1S/C22H28F2N2O3/c1-5-26(13-10-17-25-18(14(2)29-17)21(3,4)28)19(27)15-8-6-7-9-16(15)22(11-12-22)20(23)24/h6-9,20,28H,5,10-13H2,1-4H3. The van der Waals surface area contributed by atoms with Gasteiger partial charge < -0.3 is 14.4 Å². The van der Waals surface area contributed by atoms with Crippen LogP contribution >= 0.6 is 0 Å². The molecule has 1 fully saturated rings. The largest absolute Gasteiger partial charge is 0.446 e. The van der Waals surface area contributed by atoms with Crippen molar-refractivity contribution >= 4 is 5.91 Å². The summed E-state index contributed by atoms with van der Waals surface area (Å²) in [5.74, 6) is 0.714.